The number of hydrogen-bond acceptors (Lipinski definition) is 3. The second-order valence-electron chi connectivity index (χ2n) is 5.74. The zero-order chi connectivity index (χ0) is 11.9. The fourth-order valence-electron chi connectivity index (χ4n) is 2.44. The van der Waals surface area contributed by atoms with Crippen LogP contribution in [-0.4, -0.2) is 16.1 Å². The molecule has 4 heteroatoms. The summed E-state index contributed by atoms with van der Waals surface area (Å²) in [5.41, 5.74) is 0.409. The van der Waals surface area contributed by atoms with Crippen molar-refractivity contribution in [1.82, 2.24) is 9.55 Å². The number of hydrogen-bond donors (Lipinski definition) is 1. The second kappa shape index (κ2) is 3.86. The molecule has 0 bridgehead atoms. The van der Waals surface area contributed by atoms with E-state index in [0.717, 1.165) is 19.4 Å². The Hall–Kier alpha value is -1.32. The van der Waals surface area contributed by atoms with Gasteiger partial charge >= 0.3 is 0 Å². The molecule has 0 atom stereocenters. The van der Waals surface area contributed by atoms with E-state index in [2.05, 4.69) is 17.2 Å². The van der Waals surface area contributed by atoms with E-state index in [1.54, 1.807) is 12.4 Å². The van der Waals surface area contributed by atoms with Gasteiger partial charge in [0.05, 0.1) is 0 Å². The quantitative estimate of drug-likeness (QED) is 0.867. The first kappa shape index (κ1) is 10.8. The SMILES string of the molecule is CC1(CNc2nccn(C3CC3)c2=O)CCC1. The highest BCUT2D eigenvalue weighted by Gasteiger charge is 2.32. The molecule has 2 aliphatic carbocycles. The zero-order valence-corrected chi connectivity index (χ0v) is 10.3. The molecule has 0 saturated heterocycles. The topological polar surface area (TPSA) is 46.9 Å². The first-order valence-electron chi connectivity index (χ1n) is 6.49. The molecule has 2 aliphatic rings. The van der Waals surface area contributed by atoms with Gasteiger partial charge in [0.15, 0.2) is 5.82 Å². The number of nitrogens with zero attached hydrogens (tertiary/aromatic N) is 2. The molecule has 1 N–H and O–H groups in total. The minimum absolute atomic E-state index is 0.0397. The van der Waals surface area contributed by atoms with Crippen LogP contribution in [0.2, 0.25) is 0 Å². The van der Waals surface area contributed by atoms with Crippen molar-refractivity contribution in [1.29, 1.82) is 0 Å². The molecule has 2 fully saturated rings. The van der Waals surface area contributed by atoms with Gasteiger partial charge in [0.2, 0.25) is 0 Å². The monoisotopic (exact) mass is 233 g/mol. The Morgan fingerprint density at radius 3 is 2.88 bits per heavy atom. The summed E-state index contributed by atoms with van der Waals surface area (Å²) in [5.74, 6) is 0.521. The van der Waals surface area contributed by atoms with Gasteiger partial charge in [-0.1, -0.05) is 13.3 Å². The molecule has 2 saturated carbocycles. The van der Waals surface area contributed by atoms with E-state index in [4.69, 9.17) is 0 Å². The molecule has 0 radical (unpaired) electrons. The molecular formula is C13H19N3O. The summed E-state index contributed by atoms with van der Waals surface area (Å²) in [7, 11) is 0. The number of rotatable bonds is 4. The molecule has 4 nitrogen and oxygen atoms in total. The van der Waals surface area contributed by atoms with Crippen LogP contribution in [0.15, 0.2) is 17.2 Å². The molecule has 0 amide bonds. The second-order valence-corrected chi connectivity index (χ2v) is 5.74. The maximum absolute atomic E-state index is 12.1. The highest BCUT2D eigenvalue weighted by molar-refractivity contribution is 5.31. The van der Waals surface area contributed by atoms with Crippen LogP contribution in [-0.2, 0) is 0 Å². The highest BCUT2D eigenvalue weighted by Crippen LogP contribution is 2.40. The standard InChI is InChI=1S/C13H19N3O/c1-13(5-2-6-13)9-15-11-12(17)16(8-7-14-11)10-3-4-10/h7-8,10H,2-6,9H2,1H3,(H,14,15). The van der Waals surface area contributed by atoms with E-state index < -0.39 is 0 Å². The van der Waals surface area contributed by atoms with Crippen LogP contribution in [0.4, 0.5) is 5.82 Å². The minimum Gasteiger partial charge on any atom is -0.365 e. The fraction of sp³-hybridized carbons (Fsp3) is 0.692. The normalized spacial score (nSPS) is 21.9. The predicted molar refractivity (Wildman–Crippen MR) is 67.2 cm³/mol. The minimum atomic E-state index is 0.0397. The maximum Gasteiger partial charge on any atom is 0.293 e. The van der Waals surface area contributed by atoms with E-state index >= 15 is 0 Å². The summed E-state index contributed by atoms with van der Waals surface area (Å²) in [6, 6.07) is 0.422. The highest BCUT2D eigenvalue weighted by atomic mass is 16.1. The van der Waals surface area contributed by atoms with Crippen LogP contribution in [0.25, 0.3) is 0 Å². The van der Waals surface area contributed by atoms with E-state index in [1.807, 2.05) is 4.57 Å². The van der Waals surface area contributed by atoms with Crippen LogP contribution in [0, 0.1) is 5.41 Å². The molecule has 1 aromatic heterocycles. The van der Waals surface area contributed by atoms with E-state index in [9.17, 15) is 4.79 Å². The van der Waals surface area contributed by atoms with Gasteiger partial charge in [0.1, 0.15) is 0 Å². The van der Waals surface area contributed by atoms with E-state index in [0.29, 0.717) is 17.3 Å². The number of aromatic nitrogens is 2. The molecule has 0 spiro atoms. The van der Waals surface area contributed by atoms with Gasteiger partial charge in [-0.2, -0.15) is 0 Å². The third-order valence-electron chi connectivity index (χ3n) is 4.05. The molecule has 0 aromatic carbocycles. The average molecular weight is 233 g/mol. The third kappa shape index (κ3) is 2.08. The molecule has 0 aliphatic heterocycles. The van der Waals surface area contributed by atoms with Crippen molar-refractivity contribution in [2.75, 3.05) is 11.9 Å². The van der Waals surface area contributed by atoms with Gasteiger partial charge in [-0.15, -0.1) is 0 Å². The molecule has 3 rings (SSSR count). The van der Waals surface area contributed by atoms with Gasteiger partial charge in [0.25, 0.3) is 5.56 Å². The van der Waals surface area contributed by atoms with Gasteiger partial charge in [-0.05, 0) is 31.1 Å². The lowest BCUT2D eigenvalue weighted by atomic mass is 9.70. The molecule has 0 unspecified atom stereocenters. The third-order valence-corrected chi connectivity index (χ3v) is 4.05. The summed E-state index contributed by atoms with van der Waals surface area (Å²) in [4.78, 5) is 16.3. The van der Waals surface area contributed by atoms with Gasteiger partial charge < -0.3 is 9.88 Å². The summed E-state index contributed by atoms with van der Waals surface area (Å²) < 4.78 is 1.82. The van der Waals surface area contributed by atoms with Gasteiger partial charge in [-0.3, -0.25) is 4.79 Å². The van der Waals surface area contributed by atoms with Crippen LogP contribution in [0.5, 0.6) is 0 Å². The largest absolute Gasteiger partial charge is 0.365 e. The lowest BCUT2D eigenvalue weighted by molar-refractivity contribution is 0.179. The lowest BCUT2D eigenvalue weighted by Crippen LogP contribution is -2.35. The number of nitrogens with one attached hydrogen (secondary N) is 1. The van der Waals surface area contributed by atoms with Crippen molar-refractivity contribution in [3.05, 3.63) is 22.7 Å². The van der Waals surface area contributed by atoms with Crippen LogP contribution < -0.4 is 10.9 Å². The van der Waals surface area contributed by atoms with Crippen molar-refractivity contribution < 1.29 is 0 Å². The first-order chi connectivity index (χ1) is 8.18. The smallest absolute Gasteiger partial charge is 0.293 e. The molecule has 92 valence electrons. The summed E-state index contributed by atoms with van der Waals surface area (Å²) in [5, 5.41) is 3.23. The lowest BCUT2D eigenvalue weighted by Gasteiger charge is -2.38. The Balaban J connectivity index is 1.74. The van der Waals surface area contributed by atoms with Crippen molar-refractivity contribution in [3.8, 4) is 0 Å². The average Bonchev–Trinajstić information content (AvgIpc) is 3.09. The Labute approximate surface area is 101 Å². The maximum atomic E-state index is 12.1. The van der Waals surface area contributed by atoms with Crippen molar-refractivity contribution in [3.63, 3.8) is 0 Å². The van der Waals surface area contributed by atoms with Crippen molar-refractivity contribution in [2.24, 2.45) is 5.41 Å². The number of anilines is 1. The van der Waals surface area contributed by atoms with E-state index in [-0.39, 0.29) is 5.56 Å². The van der Waals surface area contributed by atoms with Gasteiger partial charge in [-0.25, -0.2) is 4.98 Å². The zero-order valence-electron chi connectivity index (χ0n) is 10.3. The summed E-state index contributed by atoms with van der Waals surface area (Å²) in [6.45, 7) is 3.13. The van der Waals surface area contributed by atoms with Crippen molar-refractivity contribution >= 4 is 5.82 Å². The Morgan fingerprint density at radius 1 is 1.53 bits per heavy atom. The molecule has 17 heavy (non-hydrogen) atoms. The van der Waals surface area contributed by atoms with Crippen molar-refractivity contribution in [2.45, 2.75) is 45.1 Å². The Bertz CT molecular complexity index is 472. The molecular weight excluding hydrogens is 214 g/mol. The van der Waals surface area contributed by atoms with E-state index in [1.165, 1.54) is 19.3 Å². The van der Waals surface area contributed by atoms with Crippen LogP contribution in [0.3, 0.4) is 0 Å². The van der Waals surface area contributed by atoms with Gasteiger partial charge in [0, 0.05) is 25.0 Å². The summed E-state index contributed by atoms with van der Waals surface area (Å²) >= 11 is 0. The van der Waals surface area contributed by atoms with Crippen LogP contribution >= 0.6 is 0 Å². The predicted octanol–water partition coefficient (Wildman–Crippen LogP) is 2.18. The molecule has 1 aromatic rings. The summed E-state index contributed by atoms with van der Waals surface area (Å²) in [6.07, 6.45) is 9.60. The van der Waals surface area contributed by atoms with Crippen LogP contribution in [0.1, 0.15) is 45.1 Å². The Kier molecular flexibility index (Phi) is 2.45. The molecule has 1 heterocycles. The first-order valence-corrected chi connectivity index (χ1v) is 6.49. The Morgan fingerprint density at radius 2 is 2.29 bits per heavy atom. The fourth-order valence-corrected chi connectivity index (χ4v) is 2.44.